The van der Waals surface area contributed by atoms with Crippen LogP contribution in [0.25, 0.3) is 0 Å². The summed E-state index contributed by atoms with van der Waals surface area (Å²) in [5.74, 6) is 0.573. The van der Waals surface area contributed by atoms with Crippen LogP contribution in [0.4, 0.5) is 0 Å². The molecule has 0 N–H and O–H groups in total. The summed E-state index contributed by atoms with van der Waals surface area (Å²) in [6, 6.07) is 36.5. The molecule has 234 valence electrons. The molecule has 4 aromatic rings. The van der Waals surface area contributed by atoms with Crippen LogP contribution >= 0.6 is 23.5 Å². The van der Waals surface area contributed by atoms with Gasteiger partial charge in [-0.15, -0.1) is 20.5 Å². The lowest BCUT2D eigenvalue weighted by Crippen LogP contribution is -2.68. The minimum Gasteiger partial charge on any atom is -0.222 e. The molecule has 2 heterocycles. The van der Waals surface area contributed by atoms with E-state index in [1.807, 2.05) is 23.5 Å². The Morgan fingerprint density at radius 1 is 0.455 bits per heavy atom. The van der Waals surface area contributed by atoms with Gasteiger partial charge in [0.2, 0.25) is 0 Å². The first kappa shape index (κ1) is 35.4. The molecule has 0 unspecified atom stereocenters. The van der Waals surface area contributed by atoms with Crippen LogP contribution < -0.4 is 37.3 Å². The van der Waals surface area contributed by atoms with E-state index in [0.29, 0.717) is 16.4 Å². The van der Waals surface area contributed by atoms with Crippen molar-refractivity contribution in [1.29, 1.82) is 0 Å². The molecule has 2 atom stereocenters. The summed E-state index contributed by atoms with van der Waals surface area (Å²) < 4.78 is 67.9. The summed E-state index contributed by atoms with van der Waals surface area (Å²) in [4.78, 5) is 11.9. The number of hydrogen-bond donors (Lipinski definition) is 0. The number of rotatable bonds is 4. The maximum absolute atomic E-state index is 8.49. The van der Waals surface area contributed by atoms with Gasteiger partial charge in [0.05, 0.1) is 41.4 Å². The monoisotopic (exact) mass is 714 g/mol. The van der Waals surface area contributed by atoms with E-state index in [4.69, 9.17) is 37.3 Å². The maximum Gasteiger partial charge on any atom is 0.178 e. The number of fused-ring (bicyclic) bond motifs is 4. The Bertz CT molecular complexity index is 1450. The summed E-state index contributed by atoms with van der Waals surface area (Å²) in [5, 5.41) is 1.08. The van der Waals surface area contributed by atoms with Crippen molar-refractivity contribution in [3.63, 3.8) is 0 Å². The first-order valence-electron chi connectivity index (χ1n) is 13.0. The average molecular weight is 716 g/mol. The molecule has 0 bridgehead atoms. The van der Waals surface area contributed by atoms with Gasteiger partial charge in [-0.1, -0.05) is 85.9 Å². The molecule has 44 heavy (non-hydrogen) atoms. The van der Waals surface area contributed by atoms with Crippen LogP contribution in [0.2, 0.25) is 0 Å². The standard InChI is InChI=1S/C30H28S4.2ClHO4/c1-20(2)30(34-28-18-10-6-14-24(28)32-25-15-7-11-19-29(25)34)21(3)33-26-16-8-4-12-22(26)31-23-13-5-9-17-27(23)33;2*2-1(3,4)5/h4-21,30H,1-3H3;2*(H,2,3,4,5)/q+2;;/p-2/t21-,30+;;/m0../s1. The molecule has 0 saturated heterocycles. The lowest BCUT2D eigenvalue weighted by atomic mass is 10.1. The molecule has 8 nitrogen and oxygen atoms in total. The van der Waals surface area contributed by atoms with Crippen LogP contribution in [0.1, 0.15) is 20.8 Å². The molecule has 2 aliphatic heterocycles. The first-order valence-corrected chi connectivity index (χ1v) is 19.7. The van der Waals surface area contributed by atoms with Crippen LogP contribution in [0.5, 0.6) is 0 Å². The van der Waals surface area contributed by atoms with Crippen LogP contribution in [0, 0.1) is 26.4 Å². The van der Waals surface area contributed by atoms with E-state index in [2.05, 4.69) is 118 Å². The zero-order valence-corrected chi connectivity index (χ0v) is 28.4. The highest BCUT2D eigenvalue weighted by molar-refractivity contribution is 8.06. The topological polar surface area (TPSA) is 184 Å². The van der Waals surface area contributed by atoms with Gasteiger partial charge >= 0.3 is 0 Å². The Morgan fingerprint density at radius 2 is 0.705 bits per heavy atom. The van der Waals surface area contributed by atoms with Gasteiger partial charge in [0, 0.05) is 5.92 Å². The average Bonchev–Trinajstić information content (AvgIpc) is 2.93. The van der Waals surface area contributed by atoms with Gasteiger partial charge in [0.15, 0.2) is 30.1 Å². The Labute approximate surface area is 274 Å². The van der Waals surface area contributed by atoms with Crippen LogP contribution in [0.3, 0.4) is 0 Å². The van der Waals surface area contributed by atoms with Crippen molar-refractivity contribution in [2.45, 2.75) is 70.4 Å². The van der Waals surface area contributed by atoms with Crippen molar-refractivity contribution in [1.82, 2.24) is 0 Å². The zero-order valence-electron chi connectivity index (χ0n) is 23.6. The highest BCUT2D eigenvalue weighted by Gasteiger charge is 2.54. The van der Waals surface area contributed by atoms with Crippen LogP contribution in [0.15, 0.2) is 136 Å². The molecular weight excluding hydrogens is 687 g/mol. The van der Waals surface area contributed by atoms with Gasteiger partial charge in [0.25, 0.3) is 0 Å². The summed E-state index contributed by atoms with van der Waals surface area (Å²) in [7, 11) is -9.82. The predicted molar refractivity (Wildman–Crippen MR) is 150 cm³/mol. The lowest BCUT2D eigenvalue weighted by Gasteiger charge is -2.31. The van der Waals surface area contributed by atoms with E-state index in [1.165, 1.54) is 39.2 Å². The quantitative estimate of drug-likeness (QED) is 0.245. The van der Waals surface area contributed by atoms with Crippen molar-refractivity contribution in [2.75, 3.05) is 0 Å². The molecule has 0 radical (unpaired) electrons. The third-order valence-electron chi connectivity index (χ3n) is 6.55. The smallest absolute Gasteiger partial charge is 0.178 e. The summed E-state index contributed by atoms with van der Waals surface area (Å²) in [6.07, 6.45) is 0. The second-order valence-electron chi connectivity index (χ2n) is 9.84. The molecule has 14 heteroatoms. The second kappa shape index (κ2) is 15.0. The first-order chi connectivity index (χ1) is 20.6. The highest BCUT2D eigenvalue weighted by atomic mass is 35.7. The van der Waals surface area contributed by atoms with E-state index in [-0.39, 0.29) is 21.8 Å². The van der Waals surface area contributed by atoms with Gasteiger partial charge in [-0.3, -0.25) is 0 Å². The van der Waals surface area contributed by atoms with Crippen molar-refractivity contribution >= 4 is 45.3 Å². The molecule has 0 saturated carbocycles. The third kappa shape index (κ3) is 9.30. The molecule has 0 amide bonds. The Hall–Kier alpha value is -1.46. The zero-order chi connectivity index (χ0) is 32.2. The molecule has 2 aliphatic rings. The van der Waals surface area contributed by atoms with Crippen LogP contribution in [-0.4, -0.2) is 10.5 Å². The van der Waals surface area contributed by atoms with E-state index in [1.54, 1.807) is 0 Å². The molecule has 0 aromatic heterocycles. The highest BCUT2D eigenvalue weighted by Crippen LogP contribution is 2.52. The van der Waals surface area contributed by atoms with Gasteiger partial charge in [0.1, 0.15) is 0 Å². The number of hydrogen-bond acceptors (Lipinski definition) is 10. The second-order valence-corrected chi connectivity index (χ2v) is 17.9. The molecule has 6 rings (SSSR count). The normalized spacial score (nSPS) is 15.7. The summed E-state index contributed by atoms with van der Waals surface area (Å²) >= 11 is 3.89. The summed E-state index contributed by atoms with van der Waals surface area (Å²) in [6.45, 7) is 7.43. The van der Waals surface area contributed by atoms with Crippen molar-refractivity contribution < 1.29 is 57.8 Å². The van der Waals surface area contributed by atoms with E-state index < -0.39 is 20.5 Å². The SMILES string of the molecule is CC(C)[C@H]([C@H](C)[S+]1c2ccccc2Sc2ccccc21)[S+]1c2ccccc2Sc2ccccc21.[O-][Cl+3]([O-])([O-])[O-].[O-][Cl+3]([O-])([O-])[O-]. The fourth-order valence-electron chi connectivity index (χ4n) is 5.17. The lowest BCUT2D eigenvalue weighted by molar-refractivity contribution is -2.00. The summed E-state index contributed by atoms with van der Waals surface area (Å²) in [5.41, 5.74) is 0. The van der Waals surface area contributed by atoms with Crippen molar-refractivity contribution in [2.24, 2.45) is 5.92 Å². The fraction of sp³-hybridized carbons (Fsp3) is 0.200. The minimum atomic E-state index is -4.94. The van der Waals surface area contributed by atoms with Gasteiger partial charge in [-0.05, 0) is 55.5 Å². The van der Waals surface area contributed by atoms with E-state index in [0.717, 1.165) is 0 Å². The molecular formula is C30H28Cl2O8S4. The van der Waals surface area contributed by atoms with Gasteiger partial charge in [-0.2, -0.15) is 0 Å². The Kier molecular flexibility index (Phi) is 12.0. The van der Waals surface area contributed by atoms with Crippen molar-refractivity contribution in [3.05, 3.63) is 97.1 Å². The predicted octanol–water partition coefficient (Wildman–Crippen LogP) is -0.710. The maximum atomic E-state index is 8.49. The molecule has 0 fully saturated rings. The number of halogens is 2. The Morgan fingerprint density at radius 3 is 0.977 bits per heavy atom. The van der Waals surface area contributed by atoms with E-state index in [9.17, 15) is 0 Å². The van der Waals surface area contributed by atoms with Crippen LogP contribution in [-0.2, 0) is 21.8 Å². The van der Waals surface area contributed by atoms with Gasteiger partial charge < -0.3 is 0 Å². The molecule has 0 aliphatic carbocycles. The molecule has 0 spiro atoms. The molecule has 4 aromatic carbocycles. The van der Waals surface area contributed by atoms with E-state index >= 15 is 0 Å². The Balaban J connectivity index is 0.000000386. The third-order valence-corrected chi connectivity index (χ3v) is 15.4. The number of benzene rings is 4. The largest absolute Gasteiger partial charge is 0.222 e. The van der Waals surface area contributed by atoms with Crippen molar-refractivity contribution in [3.8, 4) is 0 Å². The minimum absolute atomic E-state index is 0.0315. The fourth-order valence-corrected chi connectivity index (χ4v) is 14.6. The van der Waals surface area contributed by atoms with Gasteiger partial charge in [-0.25, -0.2) is 37.3 Å².